The molecule has 1 aliphatic heterocycles. The van der Waals surface area contributed by atoms with Crippen molar-refractivity contribution in [3.8, 4) is 5.75 Å². The fourth-order valence-corrected chi connectivity index (χ4v) is 2.63. The van der Waals surface area contributed by atoms with Gasteiger partial charge in [-0.3, -0.25) is 0 Å². The van der Waals surface area contributed by atoms with E-state index in [0.717, 1.165) is 36.5 Å². The van der Waals surface area contributed by atoms with E-state index in [2.05, 4.69) is 14.9 Å². The summed E-state index contributed by atoms with van der Waals surface area (Å²) in [6.07, 6.45) is 1.20. The molecule has 1 atom stereocenters. The number of imidazole rings is 1. The molecule has 0 saturated carbocycles. The third kappa shape index (κ3) is 1.78. The van der Waals surface area contributed by atoms with Gasteiger partial charge in [-0.25, -0.2) is 4.98 Å². The summed E-state index contributed by atoms with van der Waals surface area (Å²) in [6, 6.07) is 5.52. The number of phenols is 1. The molecule has 1 unspecified atom stereocenters. The van der Waals surface area contributed by atoms with Crippen molar-refractivity contribution < 1.29 is 5.11 Å². The van der Waals surface area contributed by atoms with E-state index in [0.29, 0.717) is 11.7 Å². The monoisotopic (exact) mass is 231 g/mol. The fourth-order valence-electron chi connectivity index (χ4n) is 2.63. The van der Waals surface area contributed by atoms with Crippen molar-refractivity contribution in [2.24, 2.45) is 5.92 Å². The van der Waals surface area contributed by atoms with Crippen LogP contribution in [0.25, 0.3) is 11.0 Å². The molecule has 3 rings (SSSR count). The van der Waals surface area contributed by atoms with Gasteiger partial charge in [0.05, 0.1) is 5.52 Å². The second-order valence-corrected chi connectivity index (χ2v) is 4.77. The number of hydrogen-bond donors (Lipinski definition) is 2. The molecule has 0 bridgehead atoms. The van der Waals surface area contributed by atoms with Crippen molar-refractivity contribution in [1.29, 1.82) is 0 Å². The van der Waals surface area contributed by atoms with Gasteiger partial charge in [-0.05, 0) is 44.5 Å². The fraction of sp³-hybridized carbons (Fsp3) is 0.462. The molecule has 2 heterocycles. The third-order valence-corrected chi connectivity index (χ3v) is 3.54. The van der Waals surface area contributed by atoms with Crippen LogP contribution < -0.4 is 5.32 Å². The molecule has 1 aliphatic rings. The maximum absolute atomic E-state index is 9.96. The molecule has 0 spiro atoms. The van der Waals surface area contributed by atoms with Gasteiger partial charge < -0.3 is 15.0 Å². The zero-order valence-corrected chi connectivity index (χ0v) is 9.98. The van der Waals surface area contributed by atoms with Crippen LogP contribution in [0.15, 0.2) is 18.2 Å². The Hall–Kier alpha value is -1.55. The number of hydrogen-bond acceptors (Lipinski definition) is 3. The van der Waals surface area contributed by atoms with Gasteiger partial charge in [0.2, 0.25) is 0 Å². The highest BCUT2D eigenvalue weighted by molar-refractivity contribution is 5.82. The molecule has 0 radical (unpaired) electrons. The minimum absolute atomic E-state index is 0.328. The van der Waals surface area contributed by atoms with E-state index in [-0.39, 0.29) is 0 Å². The number of phenolic OH excluding ortho intramolecular Hbond substituents is 1. The number of aryl methyl sites for hydroxylation is 1. The Balaban J connectivity index is 2.04. The minimum Gasteiger partial charge on any atom is -0.506 e. The summed E-state index contributed by atoms with van der Waals surface area (Å²) in [5.74, 6) is 1.95. The summed E-state index contributed by atoms with van der Waals surface area (Å²) >= 11 is 0. The Labute approximate surface area is 100 Å². The van der Waals surface area contributed by atoms with Gasteiger partial charge in [0.25, 0.3) is 0 Å². The van der Waals surface area contributed by atoms with Crippen molar-refractivity contribution >= 4 is 11.0 Å². The van der Waals surface area contributed by atoms with Gasteiger partial charge in [-0.15, -0.1) is 0 Å². The number of nitrogens with zero attached hydrogens (tertiary/aromatic N) is 2. The van der Waals surface area contributed by atoms with Crippen molar-refractivity contribution in [2.45, 2.75) is 19.9 Å². The lowest BCUT2D eigenvalue weighted by Gasteiger charge is -2.12. The summed E-state index contributed by atoms with van der Waals surface area (Å²) in [5.41, 5.74) is 1.75. The van der Waals surface area contributed by atoms with Crippen molar-refractivity contribution in [3.63, 3.8) is 0 Å². The second-order valence-electron chi connectivity index (χ2n) is 4.77. The summed E-state index contributed by atoms with van der Waals surface area (Å²) in [6.45, 7) is 5.10. The van der Waals surface area contributed by atoms with Crippen molar-refractivity contribution in [2.75, 3.05) is 13.1 Å². The Morgan fingerprint density at radius 3 is 3.18 bits per heavy atom. The predicted octanol–water partition coefficient (Wildman–Crippen LogP) is 1.66. The first-order valence-corrected chi connectivity index (χ1v) is 6.11. The minimum atomic E-state index is 0.328. The molecular weight excluding hydrogens is 214 g/mol. The Morgan fingerprint density at radius 2 is 2.41 bits per heavy atom. The number of benzene rings is 1. The Morgan fingerprint density at radius 1 is 1.53 bits per heavy atom. The van der Waals surface area contributed by atoms with Gasteiger partial charge in [0.1, 0.15) is 17.1 Å². The Bertz CT molecular complexity index is 541. The highest BCUT2D eigenvalue weighted by Gasteiger charge is 2.18. The van der Waals surface area contributed by atoms with E-state index < -0.39 is 0 Å². The van der Waals surface area contributed by atoms with Gasteiger partial charge in [0.15, 0.2) is 0 Å². The maximum atomic E-state index is 9.96. The van der Waals surface area contributed by atoms with Crippen LogP contribution in [0, 0.1) is 12.8 Å². The molecule has 90 valence electrons. The van der Waals surface area contributed by atoms with Crippen LogP contribution in [0.4, 0.5) is 0 Å². The molecular formula is C13H17N3O. The number of fused-ring (bicyclic) bond motifs is 1. The standard InChI is InChI=1S/C13H17N3O/c1-9-15-11-3-2-4-12(17)13(11)16(9)8-10-5-6-14-7-10/h2-4,10,14,17H,5-8H2,1H3. The van der Waals surface area contributed by atoms with E-state index in [9.17, 15) is 5.11 Å². The lowest BCUT2D eigenvalue weighted by atomic mass is 10.1. The molecule has 1 aromatic heterocycles. The Kier molecular flexibility index (Phi) is 2.52. The molecule has 4 heteroatoms. The van der Waals surface area contributed by atoms with E-state index in [4.69, 9.17) is 0 Å². The van der Waals surface area contributed by atoms with Crippen LogP contribution in [0.1, 0.15) is 12.2 Å². The average molecular weight is 231 g/mol. The molecule has 0 amide bonds. The van der Waals surface area contributed by atoms with Crippen molar-refractivity contribution in [1.82, 2.24) is 14.9 Å². The first-order valence-electron chi connectivity index (χ1n) is 6.11. The zero-order valence-electron chi connectivity index (χ0n) is 9.98. The predicted molar refractivity (Wildman–Crippen MR) is 67.1 cm³/mol. The van der Waals surface area contributed by atoms with Crippen LogP contribution in [0.5, 0.6) is 5.75 Å². The largest absolute Gasteiger partial charge is 0.506 e. The van der Waals surface area contributed by atoms with Gasteiger partial charge in [-0.2, -0.15) is 0 Å². The van der Waals surface area contributed by atoms with Crippen LogP contribution in [0.3, 0.4) is 0 Å². The van der Waals surface area contributed by atoms with Crippen LogP contribution in [-0.4, -0.2) is 27.7 Å². The number of rotatable bonds is 2. The number of para-hydroxylation sites is 1. The van der Waals surface area contributed by atoms with E-state index in [1.807, 2.05) is 19.1 Å². The highest BCUT2D eigenvalue weighted by atomic mass is 16.3. The first-order chi connectivity index (χ1) is 8.25. The first kappa shape index (κ1) is 10.6. The maximum Gasteiger partial charge on any atom is 0.141 e. The second kappa shape index (κ2) is 4.04. The number of nitrogens with one attached hydrogen (secondary N) is 1. The quantitative estimate of drug-likeness (QED) is 0.826. The molecule has 1 fully saturated rings. The van der Waals surface area contributed by atoms with Gasteiger partial charge in [-0.1, -0.05) is 6.07 Å². The molecule has 4 nitrogen and oxygen atoms in total. The molecule has 1 saturated heterocycles. The normalized spacial score (nSPS) is 20.2. The molecule has 0 aliphatic carbocycles. The summed E-state index contributed by atoms with van der Waals surface area (Å²) in [4.78, 5) is 4.50. The lowest BCUT2D eigenvalue weighted by Crippen LogP contribution is -2.15. The summed E-state index contributed by atoms with van der Waals surface area (Å²) < 4.78 is 2.14. The average Bonchev–Trinajstić information content (AvgIpc) is 2.89. The van der Waals surface area contributed by atoms with E-state index in [1.54, 1.807) is 6.07 Å². The van der Waals surface area contributed by atoms with Gasteiger partial charge in [0, 0.05) is 6.54 Å². The number of aromatic hydroxyl groups is 1. The summed E-state index contributed by atoms with van der Waals surface area (Å²) in [7, 11) is 0. The highest BCUT2D eigenvalue weighted by Crippen LogP contribution is 2.26. The van der Waals surface area contributed by atoms with Crippen molar-refractivity contribution in [3.05, 3.63) is 24.0 Å². The molecule has 1 aromatic carbocycles. The summed E-state index contributed by atoms with van der Waals surface area (Å²) in [5, 5.41) is 13.3. The van der Waals surface area contributed by atoms with Crippen LogP contribution in [0.2, 0.25) is 0 Å². The van der Waals surface area contributed by atoms with Crippen LogP contribution >= 0.6 is 0 Å². The number of aromatic nitrogens is 2. The topological polar surface area (TPSA) is 50.1 Å². The van der Waals surface area contributed by atoms with Gasteiger partial charge >= 0.3 is 0 Å². The lowest BCUT2D eigenvalue weighted by molar-refractivity contribution is 0.460. The smallest absolute Gasteiger partial charge is 0.141 e. The SMILES string of the molecule is Cc1nc2cccc(O)c2n1CC1CCNC1. The molecule has 2 aromatic rings. The van der Waals surface area contributed by atoms with Crippen LogP contribution in [-0.2, 0) is 6.54 Å². The third-order valence-electron chi connectivity index (χ3n) is 3.54. The molecule has 17 heavy (non-hydrogen) atoms. The van der Waals surface area contributed by atoms with E-state index in [1.165, 1.54) is 6.42 Å². The zero-order chi connectivity index (χ0) is 11.8. The van der Waals surface area contributed by atoms with E-state index >= 15 is 0 Å². The molecule has 2 N–H and O–H groups in total.